The predicted octanol–water partition coefficient (Wildman–Crippen LogP) is 2.45. The largest absolute Gasteiger partial charge is 0.455 e. The standard InChI is InChI=1S/C18H19FN4O3S/c1-11(2)17(25)26-9-15(24)20-8-7-12-10-27-18-21-16(22-23(12)18)13-5-3-4-6-14(13)19/h3-6,10-11H,7-9H2,1-2H3,(H,20,24). The van der Waals surface area contributed by atoms with Crippen LogP contribution in [0.5, 0.6) is 0 Å². The smallest absolute Gasteiger partial charge is 0.308 e. The number of carbonyl (C=O) groups excluding carboxylic acids is 2. The van der Waals surface area contributed by atoms with Crippen molar-refractivity contribution in [3.8, 4) is 11.4 Å². The van der Waals surface area contributed by atoms with Gasteiger partial charge in [0.15, 0.2) is 12.4 Å². The second-order valence-corrected chi connectivity index (χ2v) is 7.04. The highest BCUT2D eigenvalue weighted by Gasteiger charge is 2.15. The van der Waals surface area contributed by atoms with E-state index in [0.29, 0.717) is 29.3 Å². The van der Waals surface area contributed by atoms with E-state index in [9.17, 15) is 14.0 Å². The predicted molar refractivity (Wildman–Crippen MR) is 98.8 cm³/mol. The monoisotopic (exact) mass is 390 g/mol. The second kappa shape index (κ2) is 8.26. The molecule has 0 aliphatic rings. The number of halogens is 1. The summed E-state index contributed by atoms with van der Waals surface area (Å²) in [4.78, 5) is 28.1. The van der Waals surface area contributed by atoms with E-state index in [1.165, 1.54) is 17.4 Å². The number of thiazole rings is 1. The van der Waals surface area contributed by atoms with Crippen LogP contribution < -0.4 is 5.32 Å². The number of esters is 1. The Labute approximate surface area is 159 Å². The van der Waals surface area contributed by atoms with Gasteiger partial charge in [0.05, 0.1) is 17.2 Å². The average Bonchev–Trinajstić information content (AvgIpc) is 3.21. The number of benzene rings is 1. The van der Waals surface area contributed by atoms with E-state index >= 15 is 0 Å². The lowest BCUT2D eigenvalue weighted by Gasteiger charge is -2.07. The fourth-order valence-corrected chi connectivity index (χ4v) is 3.19. The molecule has 7 nitrogen and oxygen atoms in total. The van der Waals surface area contributed by atoms with Crippen LogP contribution in [0.2, 0.25) is 0 Å². The summed E-state index contributed by atoms with van der Waals surface area (Å²) in [5.74, 6) is -1.09. The Morgan fingerprint density at radius 2 is 2.11 bits per heavy atom. The molecule has 9 heteroatoms. The van der Waals surface area contributed by atoms with Crippen molar-refractivity contribution in [3.05, 3.63) is 41.2 Å². The summed E-state index contributed by atoms with van der Waals surface area (Å²) in [6.07, 6.45) is 0.518. The summed E-state index contributed by atoms with van der Waals surface area (Å²) in [6, 6.07) is 6.35. The zero-order valence-electron chi connectivity index (χ0n) is 14.9. The van der Waals surface area contributed by atoms with E-state index in [-0.39, 0.29) is 24.2 Å². The summed E-state index contributed by atoms with van der Waals surface area (Å²) in [5.41, 5.74) is 1.20. The third kappa shape index (κ3) is 4.48. The van der Waals surface area contributed by atoms with Crippen molar-refractivity contribution >= 4 is 28.2 Å². The van der Waals surface area contributed by atoms with Gasteiger partial charge in [0.1, 0.15) is 5.82 Å². The van der Waals surface area contributed by atoms with Crippen LogP contribution in [0.15, 0.2) is 29.6 Å². The fourth-order valence-electron chi connectivity index (χ4n) is 2.34. The SMILES string of the molecule is CC(C)C(=O)OCC(=O)NCCc1csc2nc(-c3ccccc3F)nn12. The van der Waals surface area contributed by atoms with Crippen molar-refractivity contribution in [2.45, 2.75) is 20.3 Å². The molecule has 0 aliphatic heterocycles. The minimum absolute atomic E-state index is 0.271. The molecule has 0 saturated carbocycles. The number of aromatic nitrogens is 3. The van der Waals surface area contributed by atoms with Gasteiger partial charge in [0.2, 0.25) is 4.96 Å². The molecule has 2 aromatic heterocycles. The molecule has 142 valence electrons. The Morgan fingerprint density at radius 1 is 1.33 bits per heavy atom. The first-order chi connectivity index (χ1) is 13.0. The van der Waals surface area contributed by atoms with E-state index in [0.717, 1.165) is 5.69 Å². The topological polar surface area (TPSA) is 85.6 Å². The van der Waals surface area contributed by atoms with Crippen LogP contribution in [0.4, 0.5) is 4.39 Å². The maximum Gasteiger partial charge on any atom is 0.308 e. The number of hydrogen-bond acceptors (Lipinski definition) is 6. The quantitative estimate of drug-likeness (QED) is 0.627. The molecule has 0 unspecified atom stereocenters. The van der Waals surface area contributed by atoms with Crippen LogP contribution in [0.25, 0.3) is 16.3 Å². The zero-order valence-corrected chi connectivity index (χ0v) is 15.8. The lowest BCUT2D eigenvalue weighted by Crippen LogP contribution is -2.31. The molecule has 0 radical (unpaired) electrons. The number of carbonyl (C=O) groups is 2. The molecule has 1 amide bonds. The van der Waals surface area contributed by atoms with Gasteiger partial charge in [-0.3, -0.25) is 9.59 Å². The number of nitrogens with zero attached hydrogens (tertiary/aromatic N) is 3. The Morgan fingerprint density at radius 3 is 2.85 bits per heavy atom. The Hall–Kier alpha value is -2.81. The molecule has 0 fully saturated rings. The Kier molecular flexibility index (Phi) is 5.80. The third-order valence-corrected chi connectivity index (χ3v) is 4.65. The first-order valence-corrected chi connectivity index (χ1v) is 9.35. The van der Waals surface area contributed by atoms with Gasteiger partial charge in [-0.1, -0.05) is 26.0 Å². The first kappa shape index (κ1) is 19.0. The normalized spacial score (nSPS) is 11.1. The molecule has 27 heavy (non-hydrogen) atoms. The van der Waals surface area contributed by atoms with Crippen molar-refractivity contribution < 1.29 is 18.7 Å². The van der Waals surface area contributed by atoms with Crippen molar-refractivity contribution in [1.82, 2.24) is 19.9 Å². The number of hydrogen-bond donors (Lipinski definition) is 1. The Balaban J connectivity index is 1.59. The minimum Gasteiger partial charge on any atom is -0.455 e. The maximum absolute atomic E-state index is 13.9. The van der Waals surface area contributed by atoms with Crippen LogP contribution in [0.1, 0.15) is 19.5 Å². The maximum atomic E-state index is 13.9. The molecule has 0 atom stereocenters. The highest BCUT2D eigenvalue weighted by atomic mass is 32.1. The molecule has 0 aliphatic carbocycles. The van der Waals surface area contributed by atoms with E-state index < -0.39 is 5.97 Å². The van der Waals surface area contributed by atoms with Crippen molar-refractivity contribution in [2.24, 2.45) is 5.92 Å². The average molecular weight is 390 g/mol. The van der Waals surface area contributed by atoms with Gasteiger partial charge in [0, 0.05) is 18.3 Å². The second-order valence-electron chi connectivity index (χ2n) is 6.20. The Bertz CT molecular complexity index is 967. The van der Waals surface area contributed by atoms with Crippen LogP contribution in [-0.2, 0) is 20.7 Å². The molecule has 0 saturated heterocycles. The summed E-state index contributed by atoms with van der Waals surface area (Å²) in [5, 5.41) is 8.96. The highest BCUT2D eigenvalue weighted by Crippen LogP contribution is 2.23. The van der Waals surface area contributed by atoms with E-state index in [1.807, 2.05) is 5.38 Å². The summed E-state index contributed by atoms with van der Waals surface area (Å²) in [6.45, 7) is 3.47. The fraction of sp³-hybridized carbons (Fsp3) is 0.333. The molecule has 0 bridgehead atoms. The van der Waals surface area contributed by atoms with Crippen molar-refractivity contribution in [1.29, 1.82) is 0 Å². The van der Waals surface area contributed by atoms with Crippen LogP contribution in [-0.4, -0.2) is 39.6 Å². The zero-order chi connectivity index (χ0) is 19.4. The van der Waals surface area contributed by atoms with Gasteiger partial charge in [-0.25, -0.2) is 8.91 Å². The molecule has 3 rings (SSSR count). The molecular weight excluding hydrogens is 371 g/mol. The van der Waals surface area contributed by atoms with Gasteiger partial charge in [-0.05, 0) is 12.1 Å². The van der Waals surface area contributed by atoms with Crippen molar-refractivity contribution in [3.63, 3.8) is 0 Å². The summed E-state index contributed by atoms with van der Waals surface area (Å²) < 4.78 is 20.4. The number of nitrogens with one attached hydrogen (secondary N) is 1. The molecular formula is C18H19FN4O3S. The molecule has 3 aromatic rings. The van der Waals surface area contributed by atoms with Gasteiger partial charge in [0.25, 0.3) is 5.91 Å². The summed E-state index contributed by atoms with van der Waals surface area (Å²) >= 11 is 1.40. The first-order valence-electron chi connectivity index (χ1n) is 8.47. The van der Waals surface area contributed by atoms with E-state index in [2.05, 4.69) is 15.4 Å². The molecule has 1 N–H and O–H groups in total. The number of fused-ring (bicyclic) bond motifs is 1. The van der Waals surface area contributed by atoms with Crippen LogP contribution in [0.3, 0.4) is 0 Å². The number of amides is 1. The van der Waals surface area contributed by atoms with Crippen LogP contribution in [0, 0.1) is 11.7 Å². The minimum atomic E-state index is -0.409. The lowest BCUT2D eigenvalue weighted by atomic mass is 10.2. The highest BCUT2D eigenvalue weighted by molar-refractivity contribution is 7.15. The van der Waals surface area contributed by atoms with Gasteiger partial charge < -0.3 is 10.1 Å². The van der Waals surface area contributed by atoms with E-state index in [4.69, 9.17) is 4.74 Å². The molecule has 0 spiro atoms. The van der Waals surface area contributed by atoms with E-state index in [1.54, 1.807) is 36.6 Å². The lowest BCUT2D eigenvalue weighted by molar-refractivity contribution is -0.151. The van der Waals surface area contributed by atoms with Gasteiger partial charge in [-0.2, -0.15) is 4.98 Å². The van der Waals surface area contributed by atoms with Gasteiger partial charge >= 0.3 is 5.97 Å². The third-order valence-electron chi connectivity index (χ3n) is 3.78. The van der Waals surface area contributed by atoms with Crippen LogP contribution >= 0.6 is 11.3 Å². The van der Waals surface area contributed by atoms with Crippen molar-refractivity contribution in [2.75, 3.05) is 13.2 Å². The molecule has 1 aromatic carbocycles. The van der Waals surface area contributed by atoms with Gasteiger partial charge in [-0.15, -0.1) is 16.4 Å². The molecule has 2 heterocycles. The number of rotatable bonds is 7. The summed E-state index contributed by atoms with van der Waals surface area (Å²) in [7, 11) is 0. The number of ether oxygens (including phenoxy) is 1.